The van der Waals surface area contributed by atoms with Crippen LogP contribution in [0.2, 0.25) is 0 Å². The first-order valence-electron chi connectivity index (χ1n) is 13.9. The highest BCUT2D eigenvalue weighted by Gasteiger charge is 2.84. The largest absolute Gasteiger partial charge is 0.481 e. The minimum absolute atomic E-state index is 0.0426. The number of carbonyl (C=O) groups excluding carboxylic acids is 1. The SMILES string of the molecule is CC(C)C1=CC2C[C@@]3(C=O)C4CC[C@@H](C)C4CC2(CO[C@H]2CC4C(OC[C@H]4C)[C@@H](C)O2)C13C(=O)O. The van der Waals surface area contributed by atoms with E-state index in [0.29, 0.717) is 36.7 Å². The smallest absolute Gasteiger partial charge is 0.315 e. The highest BCUT2D eigenvalue weighted by atomic mass is 16.7. The van der Waals surface area contributed by atoms with Crippen LogP contribution in [0.3, 0.4) is 0 Å². The summed E-state index contributed by atoms with van der Waals surface area (Å²) >= 11 is 0. The molecule has 4 bridgehead atoms. The van der Waals surface area contributed by atoms with Gasteiger partial charge in [-0.1, -0.05) is 45.8 Å². The minimum atomic E-state index is -1.18. The van der Waals surface area contributed by atoms with Crippen LogP contribution in [0.1, 0.15) is 66.7 Å². The van der Waals surface area contributed by atoms with Gasteiger partial charge in [-0.25, -0.2) is 0 Å². The molecule has 1 N–H and O–H groups in total. The number of aldehydes is 1. The van der Waals surface area contributed by atoms with Gasteiger partial charge in [0.2, 0.25) is 0 Å². The maximum Gasteiger partial charge on any atom is 0.315 e. The Kier molecular flexibility index (Phi) is 5.43. The van der Waals surface area contributed by atoms with Crippen molar-refractivity contribution in [2.45, 2.75) is 85.2 Å². The number of carbonyl (C=O) groups is 2. The predicted octanol–water partition coefficient (Wildman–Crippen LogP) is 4.71. The molecule has 2 heterocycles. The Morgan fingerprint density at radius 1 is 1.20 bits per heavy atom. The molecular weight excluding hydrogens is 444 g/mol. The van der Waals surface area contributed by atoms with Crippen molar-refractivity contribution in [3.05, 3.63) is 11.6 Å². The van der Waals surface area contributed by atoms with E-state index in [1.807, 2.05) is 0 Å². The van der Waals surface area contributed by atoms with Gasteiger partial charge in [-0.3, -0.25) is 4.79 Å². The van der Waals surface area contributed by atoms with E-state index in [-0.39, 0.29) is 36.3 Å². The maximum atomic E-state index is 13.5. The van der Waals surface area contributed by atoms with Crippen LogP contribution in [0.15, 0.2) is 11.6 Å². The molecule has 194 valence electrons. The Bertz CT molecular complexity index is 943. The molecule has 0 radical (unpaired) electrons. The van der Waals surface area contributed by atoms with Crippen LogP contribution in [-0.4, -0.2) is 49.1 Å². The average molecular weight is 487 g/mol. The monoisotopic (exact) mass is 486 g/mol. The van der Waals surface area contributed by atoms with Crippen molar-refractivity contribution in [3.8, 4) is 0 Å². The Morgan fingerprint density at radius 2 is 1.97 bits per heavy atom. The number of carboxylic acid groups (broad SMARTS) is 1. The van der Waals surface area contributed by atoms with Gasteiger partial charge in [-0.05, 0) is 67.6 Å². The first-order chi connectivity index (χ1) is 16.6. The number of allylic oxidation sites excluding steroid dienone is 1. The maximum absolute atomic E-state index is 13.5. The summed E-state index contributed by atoms with van der Waals surface area (Å²) in [5.41, 5.74) is -1.65. The van der Waals surface area contributed by atoms with E-state index in [1.165, 1.54) is 0 Å². The molecule has 5 fully saturated rings. The Labute approximate surface area is 209 Å². The molecule has 12 atom stereocenters. The van der Waals surface area contributed by atoms with Crippen LogP contribution in [0.5, 0.6) is 0 Å². The summed E-state index contributed by atoms with van der Waals surface area (Å²) in [6.07, 6.45) is 7.32. The van der Waals surface area contributed by atoms with E-state index >= 15 is 0 Å². The normalized spacial score (nSPS) is 54.0. The van der Waals surface area contributed by atoms with Crippen LogP contribution >= 0.6 is 0 Å². The third kappa shape index (κ3) is 2.77. The van der Waals surface area contributed by atoms with Crippen molar-refractivity contribution in [3.63, 3.8) is 0 Å². The third-order valence-electron chi connectivity index (χ3n) is 11.6. The molecule has 0 aromatic carbocycles. The lowest BCUT2D eigenvalue weighted by Gasteiger charge is -2.58. The third-order valence-corrected chi connectivity index (χ3v) is 11.6. The van der Waals surface area contributed by atoms with Gasteiger partial charge in [0, 0.05) is 11.8 Å². The first-order valence-corrected chi connectivity index (χ1v) is 13.9. The second kappa shape index (κ2) is 7.88. The topological polar surface area (TPSA) is 82.1 Å². The summed E-state index contributed by atoms with van der Waals surface area (Å²) < 4.78 is 18.9. The summed E-state index contributed by atoms with van der Waals surface area (Å²) in [6.45, 7) is 11.9. The van der Waals surface area contributed by atoms with Gasteiger partial charge < -0.3 is 24.1 Å². The summed E-state index contributed by atoms with van der Waals surface area (Å²) in [6, 6.07) is 0. The van der Waals surface area contributed by atoms with Crippen LogP contribution < -0.4 is 0 Å². The van der Waals surface area contributed by atoms with Crippen molar-refractivity contribution in [1.29, 1.82) is 0 Å². The quantitative estimate of drug-likeness (QED) is 0.432. The highest BCUT2D eigenvalue weighted by Crippen LogP contribution is 2.82. The number of rotatable bonds is 6. The van der Waals surface area contributed by atoms with Crippen molar-refractivity contribution in [1.82, 2.24) is 0 Å². The van der Waals surface area contributed by atoms with Crippen molar-refractivity contribution >= 4 is 12.3 Å². The summed E-state index contributed by atoms with van der Waals surface area (Å²) in [7, 11) is 0. The van der Waals surface area contributed by atoms with E-state index in [4.69, 9.17) is 14.2 Å². The number of carboxylic acids is 1. The van der Waals surface area contributed by atoms with Crippen LogP contribution in [0.25, 0.3) is 0 Å². The molecule has 2 saturated heterocycles. The lowest BCUT2D eigenvalue weighted by molar-refractivity contribution is -0.251. The fraction of sp³-hybridized carbons (Fsp3) is 0.862. The zero-order chi connectivity index (χ0) is 24.9. The molecule has 35 heavy (non-hydrogen) atoms. The molecule has 0 spiro atoms. The molecule has 6 rings (SSSR count). The van der Waals surface area contributed by atoms with Gasteiger partial charge in [-0.2, -0.15) is 0 Å². The summed E-state index contributed by atoms with van der Waals surface area (Å²) in [4.78, 5) is 26.7. The fourth-order valence-corrected chi connectivity index (χ4v) is 10.3. The summed E-state index contributed by atoms with van der Waals surface area (Å²) in [5.74, 6) is 1.22. The van der Waals surface area contributed by atoms with Crippen molar-refractivity contribution in [2.75, 3.05) is 13.2 Å². The van der Waals surface area contributed by atoms with Gasteiger partial charge in [0.25, 0.3) is 0 Å². The zero-order valence-electron chi connectivity index (χ0n) is 21.9. The van der Waals surface area contributed by atoms with Gasteiger partial charge in [0.15, 0.2) is 6.29 Å². The Hall–Kier alpha value is -1.24. The van der Waals surface area contributed by atoms with E-state index in [0.717, 1.165) is 44.1 Å². The van der Waals surface area contributed by atoms with Crippen LogP contribution in [-0.2, 0) is 23.8 Å². The number of ether oxygens (including phenoxy) is 3. The number of hydrogen-bond donors (Lipinski definition) is 1. The first kappa shape index (κ1) is 24.1. The number of hydrogen-bond acceptors (Lipinski definition) is 5. The van der Waals surface area contributed by atoms with E-state index in [2.05, 4.69) is 40.7 Å². The van der Waals surface area contributed by atoms with Crippen LogP contribution in [0, 0.1) is 57.7 Å². The molecule has 2 aliphatic heterocycles. The molecule has 6 aliphatic rings. The summed E-state index contributed by atoms with van der Waals surface area (Å²) in [5, 5.41) is 11.1. The second-order valence-corrected chi connectivity index (χ2v) is 13.2. The minimum Gasteiger partial charge on any atom is -0.481 e. The number of aliphatic carboxylic acids is 1. The van der Waals surface area contributed by atoms with Gasteiger partial charge in [-0.15, -0.1) is 0 Å². The highest BCUT2D eigenvalue weighted by molar-refractivity contribution is 5.90. The van der Waals surface area contributed by atoms with Gasteiger partial charge >= 0.3 is 5.97 Å². The Balaban J connectivity index is 1.39. The molecule has 6 nitrogen and oxygen atoms in total. The van der Waals surface area contributed by atoms with Crippen LogP contribution in [0.4, 0.5) is 0 Å². The Morgan fingerprint density at radius 3 is 2.66 bits per heavy atom. The molecular formula is C29H42O6. The zero-order valence-corrected chi connectivity index (χ0v) is 21.9. The number of fused-ring (bicyclic) bond motifs is 3. The lowest BCUT2D eigenvalue weighted by atomic mass is 9.43. The molecule has 0 aromatic rings. The molecule has 7 unspecified atom stereocenters. The molecule has 0 amide bonds. The van der Waals surface area contributed by atoms with E-state index < -0.39 is 22.2 Å². The molecule has 3 saturated carbocycles. The predicted molar refractivity (Wildman–Crippen MR) is 129 cm³/mol. The van der Waals surface area contributed by atoms with Crippen molar-refractivity contribution in [2.24, 2.45) is 57.7 Å². The van der Waals surface area contributed by atoms with Gasteiger partial charge in [0.05, 0.1) is 30.8 Å². The van der Waals surface area contributed by atoms with Gasteiger partial charge in [0.1, 0.15) is 11.7 Å². The fourth-order valence-electron chi connectivity index (χ4n) is 10.3. The second-order valence-electron chi connectivity index (χ2n) is 13.2. The molecule has 4 aliphatic carbocycles. The molecule has 6 heteroatoms. The lowest BCUT2D eigenvalue weighted by Crippen LogP contribution is -2.63. The average Bonchev–Trinajstić information content (AvgIpc) is 3.50. The molecule has 0 aromatic heterocycles. The standard InChI is InChI=1S/C29H42O6/c1-15(2)23-8-19-10-27(13-30)22-7-6-16(3)21(22)11-28(19,29(23,27)26(31)32)14-34-24-9-20-17(4)12-33-25(20)18(5)35-24/h8,13,15-22,24-25H,6-7,9-12,14H2,1-5H3,(H,31,32)/t16-,17-,18-,19?,20?,21?,22?,24-,25?,27-,28?,29?/m1/s1. The van der Waals surface area contributed by atoms with Crippen molar-refractivity contribution < 1.29 is 28.9 Å². The van der Waals surface area contributed by atoms with E-state index in [9.17, 15) is 14.7 Å². The van der Waals surface area contributed by atoms with E-state index in [1.54, 1.807) is 0 Å².